The molecular formula is C13H9N3. The van der Waals surface area contributed by atoms with Crippen molar-refractivity contribution in [3.63, 3.8) is 0 Å². The average Bonchev–Trinajstić information content (AvgIpc) is 2.38. The summed E-state index contributed by atoms with van der Waals surface area (Å²) in [6.45, 7) is 6.81. The summed E-state index contributed by atoms with van der Waals surface area (Å²) in [5.41, 5.74) is 1.84. The Bertz CT molecular complexity index is 539. The molecule has 0 spiro atoms. The van der Waals surface area contributed by atoms with Gasteiger partial charge in [0, 0.05) is 6.07 Å². The number of rotatable bonds is 2. The zero-order valence-electron chi connectivity index (χ0n) is 8.54. The van der Waals surface area contributed by atoms with E-state index in [-0.39, 0.29) is 5.95 Å². The Morgan fingerprint density at radius 2 is 1.88 bits per heavy atom. The first-order valence-electron chi connectivity index (χ1n) is 4.82. The van der Waals surface area contributed by atoms with Crippen molar-refractivity contribution in [2.45, 2.75) is 0 Å². The predicted molar refractivity (Wildman–Crippen MR) is 63.7 cm³/mol. The first kappa shape index (κ1) is 10.1. The molecule has 0 aliphatic heterocycles. The smallest absolute Gasteiger partial charge is 0.372 e. The highest BCUT2D eigenvalue weighted by molar-refractivity contribution is 5.68. The summed E-state index contributed by atoms with van der Waals surface area (Å²) < 4.78 is 0. The molecule has 0 N–H and O–H groups in total. The molecule has 0 radical (unpaired) electrons. The fraction of sp³-hybridized carbons (Fsp3) is 0. The molecule has 0 aliphatic carbocycles. The summed E-state index contributed by atoms with van der Waals surface area (Å²) in [4.78, 5) is 11.0. The van der Waals surface area contributed by atoms with E-state index in [2.05, 4.69) is 14.8 Å². The molecule has 0 atom stereocenters. The van der Waals surface area contributed by atoms with Crippen molar-refractivity contribution in [2.75, 3.05) is 0 Å². The standard InChI is InChI=1S/C13H9N3/c1-14-13-15-10-9-12(16-13)8-7-11-5-3-2-4-6-11/h2-10H/b8-7+. The van der Waals surface area contributed by atoms with Crippen LogP contribution in [0.4, 0.5) is 5.95 Å². The van der Waals surface area contributed by atoms with Crippen LogP contribution in [-0.2, 0) is 0 Å². The maximum absolute atomic E-state index is 6.81. The van der Waals surface area contributed by atoms with Gasteiger partial charge in [0.1, 0.15) is 5.69 Å². The maximum Gasteiger partial charge on any atom is 0.372 e. The van der Waals surface area contributed by atoms with Crippen LogP contribution < -0.4 is 0 Å². The number of benzene rings is 1. The molecule has 3 nitrogen and oxygen atoms in total. The second-order valence-corrected chi connectivity index (χ2v) is 3.14. The predicted octanol–water partition coefficient (Wildman–Crippen LogP) is 3.20. The lowest BCUT2D eigenvalue weighted by atomic mass is 10.2. The minimum atomic E-state index is 0.176. The van der Waals surface area contributed by atoms with Crippen LogP contribution in [0, 0.1) is 6.57 Å². The fourth-order valence-electron chi connectivity index (χ4n) is 1.25. The Hall–Kier alpha value is -2.47. The van der Waals surface area contributed by atoms with Crippen molar-refractivity contribution >= 4 is 18.1 Å². The van der Waals surface area contributed by atoms with E-state index >= 15 is 0 Å². The second kappa shape index (κ2) is 4.85. The molecule has 0 saturated heterocycles. The minimum Gasteiger partial charge on any atom is -0.394 e. The van der Waals surface area contributed by atoms with Crippen LogP contribution in [0.15, 0.2) is 42.6 Å². The Morgan fingerprint density at radius 3 is 2.62 bits per heavy atom. The minimum absolute atomic E-state index is 0.176. The highest BCUT2D eigenvalue weighted by Crippen LogP contribution is 2.08. The van der Waals surface area contributed by atoms with E-state index in [1.54, 1.807) is 12.3 Å². The molecule has 1 aromatic heterocycles. The Balaban J connectivity index is 2.21. The third-order valence-electron chi connectivity index (χ3n) is 2.01. The molecule has 0 unspecified atom stereocenters. The van der Waals surface area contributed by atoms with Crippen LogP contribution >= 0.6 is 0 Å². The lowest BCUT2D eigenvalue weighted by molar-refractivity contribution is 1.19. The summed E-state index contributed by atoms with van der Waals surface area (Å²) in [6.07, 6.45) is 5.41. The van der Waals surface area contributed by atoms with Gasteiger partial charge >= 0.3 is 5.95 Å². The molecule has 16 heavy (non-hydrogen) atoms. The van der Waals surface area contributed by atoms with Gasteiger partial charge < -0.3 is 4.85 Å². The number of aromatic nitrogens is 2. The molecule has 0 aliphatic rings. The lowest BCUT2D eigenvalue weighted by Crippen LogP contribution is -1.82. The Kier molecular flexibility index (Phi) is 3.05. The molecule has 0 bridgehead atoms. The van der Waals surface area contributed by atoms with Crippen molar-refractivity contribution in [2.24, 2.45) is 0 Å². The van der Waals surface area contributed by atoms with Gasteiger partial charge in [0.25, 0.3) is 0 Å². The SMILES string of the molecule is [C-]#[N+]c1nccc(/C=C/c2ccccc2)n1. The van der Waals surface area contributed by atoms with E-state index in [0.29, 0.717) is 0 Å². The van der Waals surface area contributed by atoms with Crippen LogP contribution in [-0.4, -0.2) is 9.97 Å². The Morgan fingerprint density at radius 1 is 1.06 bits per heavy atom. The molecule has 1 heterocycles. The normalized spacial score (nSPS) is 10.2. The lowest BCUT2D eigenvalue weighted by Gasteiger charge is -1.91. The van der Waals surface area contributed by atoms with Crippen molar-refractivity contribution < 1.29 is 0 Å². The zero-order valence-corrected chi connectivity index (χ0v) is 8.54. The van der Waals surface area contributed by atoms with Gasteiger partial charge in [-0.2, -0.15) is 4.98 Å². The molecule has 0 amide bonds. The summed E-state index contributed by atoms with van der Waals surface area (Å²) >= 11 is 0. The highest BCUT2D eigenvalue weighted by Gasteiger charge is 1.96. The van der Waals surface area contributed by atoms with Gasteiger partial charge in [0.05, 0.1) is 6.20 Å². The van der Waals surface area contributed by atoms with Crippen LogP contribution in [0.2, 0.25) is 0 Å². The molecular weight excluding hydrogens is 198 g/mol. The van der Waals surface area contributed by atoms with Gasteiger partial charge in [0.2, 0.25) is 0 Å². The van der Waals surface area contributed by atoms with E-state index in [0.717, 1.165) is 11.3 Å². The topological polar surface area (TPSA) is 30.1 Å². The largest absolute Gasteiger partial charge is 0.394 e. The van der Waals surface area contributed by atoms with Crippen molar-refractivity contribution in [1.82, 2.24) is 9.97 Å². The molecule has 3 heteroatoms. The highest BCUT2D eigenvalue weighted by atomic mass is 15.0. The molecule has 0 fully saturated rings. The number of hydrogen-bond donors (Lipinski definition) is 0. The zero-order chi connectivity index (χ0) is 11.2. The van der Waals surface area contributed by atoms with E-state index < -0.39 is 0 Å². The first-order valence-corrected chi connectivity index (χ1v) is 4.82. The monoisotopic (exact) mass is 207 g/mol. The van der Waals surface area contributed by atoms with Gasteiger partial charge in [0.15, 0.2) is 0 Å². The van der Waals surface area contributed by atoms with Crippen molar-refractivity contribution in [3.05, 3.63) is 65.3 Å². The van der Waals surface area contributed by atoms with Gasteiger partial charge in [-0.05, 0) is 11.6 Å². The van der Waals surface area contributed by atoms with Gasteiger partial charge in [-0.25, -0.2) is 0 Å². The summed E-state index contributed by atoms with van der Waals surface area (Å²) in [5, 5.41) is 0. The third-order valence-corrected chi connectivity index (χ3v) is 2.01. The van der Waals surface area contributed by atoms with E-state index in [1.807, 2.05) is 42.5 Å². The fourth-order valence-corrected chi connectivity index (χ4v) is 1.25. The van der Waals surface area contributed by atoms with Gasteiger partial charge in [-0.15, -0.1) is 11.6 Å². The van der Waals surface area contributed by atoms with E-state index in [4.69, 9.17) is 6.57 Å². The molecule has 1 aromatic carbocycles. The van der Waals surface area contributed by atoms with Crippen LogP contribution in [0.3, 0.4) is 0 Å². The molecule has 0 saturated carbocycles. The van der Waals surface area contributed by atoms with Gasteiger partial charge in [-0.1, -0.05) is 36.4 Å². The quantitative estimate of drug-likeness (QED) is 0.708. The second-order valence-electron chi connectivity index (χ2n) is 3.14. The van der Waals surface area contributed by atoms with Crippen molar-refractivity contribution in [3.8, 4) is 0 Å². The van der Waals surface area contributed by atoms with Crippen LogP contribution in [0.25, 0.3) is 17.0 Å². The Labute approximate surface area is 93.9 Å². The number of hydrogen-bond acceptors (Lipinski definition) is 2. The summed E-state index contributed by atoms with van der Waals surface area (Å²) in [6, 6.07) is 11.7. The van der Waals surface area contributed by atoms with Gasteiger partial charge in [-0.3, -0.25) is 0 Å². The maximum atomic E-state index is 6.81. The van der Waals surface area contributed by atoms with Crippen molar-refractivity contribution in [1.29, 1.82) is 0 Å². The average molecular weight is 207 g/mol. The summed E-state index contributed by atoms with van der Waals surface area (Å²) in [7, 11) is 0. The molecule has 2 rings (SSSR count). The molecule has 76 valence electrons. The summed E-state index contributed by atoms with van der Waals surface area (Å²) in [5.74, 6) is 0.176. The van der Waals surface area contributed by atoms with E-state index in [1.165, 1.54) is 0 Å². The number of nitrogens with zero attached hydrogens (tertiary/aromatic N) is 3. The van der Waals surface area contributed by atoms with Crippen LogP contribution in [0.5, 0.6) is 0 Å². The van der Waals surface area contributed by atoms with Crippen LogP contribution in [0.1, 0.15) is 11.3 Å². The van der Waals surface area contributed by atoms with E-state index in [9.17, 15) is 0 Å². The third kappa shape index (κ3) is 2.52. The first-order chi connectivity index (χ1) is 7.88. The molecule has 2 aromatic rings.